The molecule has 0 bridgehead atoms. The van der Waals surface area contributed by atoms with E-state index in [2.05, 4.69) is 14.8 Å². The second-order valence-electron chi connectivity index (χ2n) is 6.40. The van der Waals surface area contributed by atoms with Gasteiger partial charge < -0.3 is 0 Å². The Balaban J connectivity index is 1.42. The van der Waals surface area contributed by atoms with Gasteiger partial charge in [0.05, 0.1) is 11.4 Å². The SMILES string of the molecule is O=S(=O)(Cc1ccc(Cl)cc1)NCCc1csc2nc(-c3cccc(F)c3)nn12. The number of benzene rings is 2. The van der Waals surface area contributed by atoms with E-state index in [-0.39, 0.29) is 18.1 Å². The van der Waals surface area contributed by atoms with Gasteiger partial charge in [-0.2, -0.15) is 4.98 Å². The van der Waals surface area contributed by atoms with Gasteiger partial charge in [-0.25, -0.2) is 22.0 Å². The van der Waals surface area contributed by atoms with Gasteiger partial charge in [0, 0.05) is 28.9 Å². The predicted octanol–water partition coefficient (Wildman–Crippen LogP) is 3.91. The largest absolute Gasteiger partial charge is 0.215 e. The van der Waals surface area contributed by atoms with Gasteiger partial charge in [-0.3, -0.25) is 0 Å². The maximum absolute atomic E-state index is 13.4. The minimum atomic E-state index is -3.47. The number of aromatic nitrogens is 3. The first-order valence-corrected chi connectivity index (χ1v) is 11.6. The molecule has 29 heavy (non-hydrogen) atoms. The molecule has 10 heteroatoms. The average Bonchev–Trinajstić information content (AvgIpc) is 3.25. The number of fused-ring (bicyclic) bond motifs is 1. The highest BCUT2D eigenvalue weighted by Crippen LogP contribution is 2.21. The van der Waals surface area contributed by atoms with Crippen molar-refractivity contribution in [2.75, 3.05) is 6.54 Å². The normalized spacial score (nSPS) is 11.9. The Morgan fingerprint density at radius 1 is 1.17 bits per heavy atom. The first-order valence-electron chi connectivity index (χ1n) is 8.70. The smallest absolute Gasteiger partial charge is 0.215 e. The van der Waals surface area contributed by atoms with Crippen molar-refractivity contribution >= 4 is 37.9 Å². The van der Waals surface area contributed by atoms with E-state index in [0.717, 1.165) is 5.69 Å². The Morgan fingerprint density at radius 2 is 1.97 bits per heavy atom. The zero-order valence-corrected chi connectivity index (χ0v) is 17.4. The second-order valence-corrected chi connectivity index (χ2v) is 9.48. The fourth-order valence-electron chi connectivity index (χ4n) is 2.83. The Bertz CT molecular complexity index is 1250. The fourth-order valence-corrected chi connectivity index (χ4v) is 4.96. The van der Waals surface area contributed by atoms with Crippen LogP contribution in [-0.2, 0) is 22.2 Å². The third kappa shape index (κ3) is 4.81. The number of hydrogen-bond acceptors (Lipinski definition) is 5. The van der Waals surface area contributed by atoms with E-state index in [1.165, 1.54) is 23.5 Å². The Labute approximate surface area is 176 Å². The van der Waals surface area contributed by atoms with Gasteiger partial charge in [-0.05, 0) is 29.8 Å². The van der Waals surface area contributed by atoms with Gasteiger partial charge in [0.1, 0.15) is 5.82 Å². The number of hydrogen-bond donors (Lipinski definition) is 1. The highest BCUT2D eigenvalue weighted by molar-refractivity contribution is 7.88. The van der Waals surface area contributed by atoms with Crippen molar-refractivity contribution in [3.8, 4) is 11.4 Å². The first kappa shape index (κ1) is 20.0. The minimum Gasteiger partial charge on any atom is -0.215 e. The fraction of sp³-hybridized carbons (Fsp3) is 0.158. The Kier molecular flexibility index (Phi) is 5.64. The summed E-state index contributed by atoms with van der Waals surface area (Å²) in [6.45, 7) is 0.233. The Hall–Kier alpha value is -2.33. The van der Waals surface area contributed by atoms with Crippen LogP contribution in [0.1, 0.15) is 11.3 Å². The summed E-state index contributed by atoms with van der Waals surface area (Å²) in [6.07, 6.45) is 0.450. The van der Waals surface area contributed by atoms with Crippen LogP contribution in [0.3, 0.4) is 0 Å². The molecule has 4 aromatic rings. The lowest BCUT2D eigenvalue weighted by Crippen LogP contribution is -2.27. The van der Waals surface area contributed by atoms with E-state index >= 15 is 0 Å². The lowest BCUT2D eigenvalue weighted by molar-refractivity contribution is 0.580. The summed E-state index contributed by atoms with van der Waals surface area (Å²) in [4.78, 5) is 5.09. The van der Waals surface area contributed by atoms with Crippen molar-refractivity contribution in [1.82, 2.24) is 19.3 Å². The molecule has 0 unspecified atom stereocenters. The van der Waals surface area contributed by atoms with Crippen molar-refractivity contribution < 1.29 is 12.8 Å². The van der Waals surface area contributed by atoms with Crippen molar-refractivity contribution in [1.29, 1.82) is 0 Å². The van der Waals surface area contributed by atoms with E-state index in [9.17, 15) is 12.8 Å². The lowest BCUT2D eigenvalue weighted by atomic mass is 10.2. The summed E-state index contributed by atoms with van der Waals surface area (Å²) in [5, 5.41) is 6.88. The molecule has 0 amide bonds. The van der Waals surface area contributed by atoms with Crippen LogP contribution >= 0.6 is 22.9 Å². The third-order valence-electron chi connectivity index (χ3n) is 4.21. The average molecular weight is 451 g/mol. The van der Waals surface area contributed by atoms with Crippen LogP contribution in [0.15, 0.2) is 53.9 Å². The van der Waals surface area contributed by atoms with Gasteiger partial charge in [0.25, 0.3) is 0 Å². The van der Waals surface area contributed by atoms with Crippen LogP contribution < -0.4 is 4.72 Å². The van der Waals surface area contributed by atoms with Gasteiger partial charge in [-0.1, -0.05) is 35.9 Å². The summed E-state index contributed by atoms with van der Waals surface area (Å²) in [5.74, 6) is -0.0344. The second kappa shape index (κ2) is 8.19. The molecule has 0 aliphatic carbocycles. The molecule has 0 aliphatic heterocycles. The topological polar surface area (TPSA) is 76.4 Å². The highest BCUT2D eigenvalue weighted by atomic mass is 35.5. The maximum atomic E-state index is 13.4. The summed E-state index contributed by atoms with van der Waals surface area (Å²) in [5.41, 5.74) is 2.08. The molecule has 4 rings (SSSR count). The molecule has 0 saturated heterocycles. The number of halogens is 2. The van der Waals surface area contributed by atoms with E-state index in [4.69, 9.17) is 11.6 Å². The van der Waals surface area contributed by atoms with E-state index in [1.54, 1.807) is 40.9 Å². The summed E-state index contributed by atoms with van der Waals surface area (Å²) in [7, 11) is -3.47. The van der Waals surface area contributed by atoms with Crippen molar-refractivity contribution in [2.45, 2.75) is 12.2 Å². The van der Waals surface area contributed by atoms with Gasteiger partial charge >= 0.3 is 0 Å². The molecular formula is C19H16ClFN4O2S2. The minimum absolute atomic E-state index is 0.115. The molecule has 0 aliphatic rings. The van der Waals surface area contributed by atoms with Crippen LogP contribution in [-0.4, -0.2) is 29.6 Å². The molecule has 1 N–H and O–H groups in total. The molecule has 0 fully saturated rings. The molecule has 2 heterocycles. The number of rotatable bonds is 7. The predicted molar refractivity (Wildman–Crippen MR) is 112 cm³/mol. The zero-order valence-electron chi connectivity index (χ0n) is 15.0. The highest BCUT2D eigenvalue weighted by Gasteiger charge is 2.14. The molecule has 2 aromatic carbocycles. The van der Waals surface area contributed by atoms with Crippen LogP contribution in [0.5, 0.6) is 0 Å². The molecule has 0 radical (unpaired) electrons. The van der Waals surface area contributed by atoms with Crippen LogP contribution in [0, 0.1) is 5.82 Å². The molecule has 2 aromatic heterocycles. The van der Waals surface area contributed by atoms with Crippen molar-refractivity contribution in [3.63, 3.8) is 0 Å². The van der Waals surface area contributed by atoms with Gasteiger partial charge in [0.15, 0.2) is 5.82 Å². The molecule has 0 spiro atoms. The summed E-state index contributed by atoms with van der Waals surface area (Å²) in [6, 6.07) is 12.8. The first-order chi connectivity index (χ1) is 13.9. The maximum Gasteiger partial charge on any atom is 0.215 e. The molecule has 0 atom stereocenters. The molecule has 6 nitrogen and oxygen atoms in total. The summed E-state index contributed by atoms with van der Waals surface area (Å²) >= 11 is 7.23. The van der Waals surface area contributed by atoms with E-state index < -0.39 is 10.0 Å². The number of nitrogens with one attached hydrogen (secondary N) is 1. The quantitative estimate of drug-likeness (QED) is 0.463. The number of sulfonamides is 1. The number of thiazole rings is 1. The summed E-state index contributed by atoms with van der Waals surface area (Å²) < 4.78 is 42.3. The molecule has 0 saturated carbocycles. The monoisotopic (exact) mass is 450 g/mol. The van der Waals surface area contributed by atoms with Gasteiger partial charge in [0.2, 0.25) is 15.0 Å². The Morgan fingerprint density at radius 3 is 2.72 bits per heavy atom. The van der Waals surface area contributed by atoms with E-state index in [0.29, 0.717) is 33.4 Å². The van der Waals surface area contributed by atoms with E-state index in [1.807, 2.05) is 5.38 Å². The molecular weight excluding hydrogens is 435 g/mol. The lowest BCUT2D eigenvalue weighted by Gasteiger charge is -2.06. The molecule has 150 valence electrons. The number of nitrogens with zero attached hydrogens (tertiary/aromatic N) is 3. The van der Waals surface area contributed by atoms with Crippen molar-refractivity contribution in [3.05, 3.63) is 76.0 Å². The van der Waals surface area contributed by atoms with Crippen LogP contribution in [0.4, 0.5) is 4.39 Å². The van der Waals surface area contributed by atoms with Crippen molar-refractivity contribution in [2.24, 2.45) is 0 Å². The van der Waals surface area contributed by atoms with Gasteiger partial charge in [-0.15, -0.1) is 16.4 Å². The van der Waals surface area contributed by atoms with Crippen LogP contribution in [0.25, 0.3) is 16.3 Å². The van der Waals surface area contributed by atoms with Crippen LogP contribution in [0.2, 0.25) is 5.02 Å². The standard InChI is InChI=1S/C19H16ClFN4O2S2/c20-15-6-4-13(5-7-15)12-29(26,27)22-9-8-17-11-28-19-23-18(24-25(17)19)14-2-1-3-16(21)10-14/h1-7,10-11,22H,8-9,12H2. The zero-order chi connectivity index (χ0) is 20.4. The third-order valence-corrected chi connectivity index (χ3v) is 6.68.